The maximum Gasteiger partial charge on any atom is 0.193 e. The minimum Gasteiger partial charge on any atom is -0.352 e. The van der Waals surface area contributed by atoms with Crippen LogP contribution in [0.2, 0.25) is 0 Å². The third-order valence-electron chi connectivity index (χ3n) is 4.91. The van der Waals surface area contributed by atoms with Crippen LogP contribution in [0.25, 0.3) is 0 Å². The summed E-state index contributed by atoms with van der Waals surface area (Å²) in [7, 11) is 1.87. The van der Waals surface area contributed by atoms with E-state index in [0.717, 1.165) is 38.0 Å². The van der Waals surface area contributed by atoms with Gasteiger partial charge in [0.2, 0.25) is 0 Å². The molecule has 26 heavy (non-hydrogen) atoms. The highest BCUT2D eigenvalue weighted by molar-refractivity contribution is 14.0. The molecule has 1 saturated heterocycles. The molecule has 6 heteroatoms. The predicted molar refractivity (Wildman–Crippen MR) is 118 cm³/mol. The van der Waals surface area contributed by atoms with Gasteiger partial charge in [-0.3, -0.25) is 4.99 Å². The van der Waals surface area contributed by atoms with Crippen molar-refractivity contribution in [3.05, 3.63) is 53.6 Å². The highest BCUT2D eigenvalue weighted by Gasteiger charge is 2.30. The van der Waals surface area contributed by atoms with Gasteiger partial charge in [0.15, 0.2) is 5.96 Å². The summed E-state index contributed by atoms with van der Waals surface area (Å²) in [5.74, 6) is 2.04. The number of aliphatic imine (C=N–C) groups is 1. The van der Waals surface area contributed by atoms with Gasteiger partial charge in [-0.05, 0) is 29.9 Å². The van der Waals surface area contributed by atoms with Crippen LogP contribution in [-0.4, -0.2) is 40.5 Å². The highest BCUT2D eigenvalue weighted by atomic mass is 127. The fraction of sp³-hybridized carbons (Fsp3) is 0.500. The van der Waals surface area contributed by atoms with E-state index < -0.39 is 0 Å². The highest BCUT2D eigenvalue weighted by Crippen LogP contribution is 2.28. The Bertz CT molecular complexity index is 750. The van der Waals surface area contributed by atoms with Crippen LogP contribution in [0, 0.1) is 12.3 Å². The summed E-state index contributed by atoms with van der Waals surface area (Å²) in [4.78, 5) is 11.1. The topological polar surface area (TPSA) is 45.5 Å². The number of nitrogens with one attached hydrogen (secondary N) is 1. The van der Waals surface area contributed by atoms with Crippen LogP contribution in [0.3, 0.4) is 0 Å². The second kappa shape index (κ2) is 8.88. The van der Waals surface area contributed by atoms with Crippen molar-refractivity contribution in [1.29, 1.82) is 0 Å². The van der Waals surface area contributed by atoms with E-state index in [1.165, 1.54) is 17.5 Å². The molecule has 0 radical (unpaired) electrons. The Kier molecular flexibility index (Phi) is 7.08. The van der Waals surface area contributed by atoms with Crippen LogP contribution in [0.4, 0.5) is 0 Å². The van der Waals surface area contributed by atoms with Crippen LogP contribution in [0.1, 0.15) is 37.2 Å². The molecule has 1 aliphatic rings. The van der Waals surface area contributed by atoms with Crippen molar-refractivity contribution in [1.82, 2.24) is 19.8 Å². The lowest BCUT2D eigenvalue weighted by atomic mass is 9.93. The van der Waals surface area contributed by atoms with Gasteiger partial charge in [0, 0.05) is 45.6 Å². The van der Waals surface area contributed by atoms with E-state index in [-0.39, 0.29) is 24.0 Å². The van der Waals surface area contributed by atoms with Gasteiger partial charge in [-0.25, -0.2) is 4.98 Å². The number of nitrogens with zero attached hydrogens (tertiary/aromatic N) is 4. The standard InChI is InChI=1S/C20H29N5.HI/c1-16-22-9-11-24(16)14-18-7-5-6-17(12-18)13-23-19(21-4)25-10-8-20(2,3)15-25;/h5-7,9,11-12H,8,10,13-15H2,1-4H3,(H,21,23);1H. The molecule has 0 bridgehead atoms. The molecule has 1 aromatic heterocycles. The molecule has 0 aliphatic carbocycles. The number of hydrogen-bond acceptors (Lipinski definition) is 2. The largest absolute Gasteiger partial charge is 0.352 e. The van der Waals surface area contributed by atoms with Crippen LogP contribution < -0.4 is 5.32 Å². The van der Waals surface area contributed by atoms with Gasteiger partial charge in [-0.2, -0.15) is 0 Å². The molecule has 1 fully saturated rings. The fourth-order valence-corrected chi connectivity index (χ4v) is 3.41. The zero-order chi connectivity index (χ0) is 17.9. The minimum atomic E-state index is 0. The third kappa shape index (κ3) is 5.22. The van der Waals surface area contributed by atoms with Crippen molar-refractivity contribution in [2.45, 2.75) is 40.3 Å². The molecule has 1 aliphatic heterocycles. The fourth-order valence-electron chi connectivity index (χ4n) is 3.41. The van der Waals surface area contributed by atoms with Gasteiger partial charge in [-0.1, -0.05) is 38.1 Å². The molecule has 1 aromatic carbocycles. The minimum absolute atomic E-state index is 0. The summed E-state index contributed by atoms with van der Waals surface area (Å²) in [6.07, 6.45) is 5.09. The number of aryl methyl sites for hydroxylation is 1. The Hall–Kier alpha value is -1.57. The number of imidazole rings is 1. The number of likely N-dealkylation sites (tertiary alicyclic amines) is 1. The molecular formula is C20H30IN5. The first kappa shape index (κ1) is 20.7. The van der Waals surface area contributed by atoms with E-state index in [1.807, 2.05) is 26.4 Å². The lowest BCUT2D eigenvalue weighted by molar-refractivity contribution is 0.370. The van der Waals surface area contributed by atoms with Crippen molar-refractivity contribution in [2.75, 3.05) is 20.1 Å². The van der Waals surface area contributed by atoms with Gasteiger partial charge in [-0.15, -0.1) is 24.0 Å². The molecule has 3 rings (SSSR count). The monoisotopic (exact) mass is 467 g/mol. The summed E-state index contributed by atoms with van der Waals surface area (Å²) in [6.45, 7) is 10.5. The number of benzene rings is 1. The first-order valence-electron chi connectivity index (χ1n) is 8.98. The predicted octanol–water partition coefficient (Wildman–Crippen LogP) is 3.67. The number of halogens is 1. The Balaban J connectivity index is 0.00000243. The molecule has 0 unspecified atom stereocenters. The lowest BCUT2D eigenvalue weighted by Crippen LogP contribution is -2.40. The van der Waals surface area contributed by atoms with Gasteiger partial charge in [0.1, 0.15) is 5.82 Å². The Labute approximate surface area is 173 Å². The first-order chi connectivity index (χ1) is 12.0. The molecular weight excluding hydrogens is 437 g/mol. The van der Waals surface area contributed by atoms with Crippen LogP contribution in [0.15, 0.2) is 41.7 Å². The molecule has 5 nitrogen and oxygen atoms in total. The van der Waals surface area contributed by atoms with E-state index in [1.54, 1.807) is 0 Å². The van der Waals surface area contributed by atoms with E-state index in [4.69, 9.17) is 0 Å². The van der Waals surface area contributed by atoms with Gasteiger partial charge < -0.3 is 14.8 Å². The van der Waals surface area contributed by atoms with Gasteiger partial charge in [0.25, 0.3) is 0 Å². The smallest absolute Gasteiger partial charge is 0.193 e. The van der Waals surface area contributed by atoms with Crippen LogP contribution in [0.5, 0.6) is 0 Å². The average Bonchev–Trinajstić information content (AvgIpc) is 3.14. The lowest BCUT2D eigenvalue weighted by Gasteiger charge is -2.23. The van der Waals surface area contributed by atoms with Crippen molar-refractivity contribution in [2.24, 2.45) is 10.4 Å². The summed E-state index contributed by atoms with van der Waals surface area (Å²) in [6, 6.07) is 8.72. The van der Waals surface area contributed by atoms with Crippen molar-refractivity contribution in [3.8, 4) is 0 Å². The number of hydrogen-bond donors (Lipinski definition) is 1. The molecule has 2 heterocycles. The quantitative estimate of drug-likeness (QED) is 0.424. The molecule has 0 saturated carbocycles. The summed E-state index contributed by atoms with van der Waals surface area (Å²) < 4.78 is 2.16. The summed E-state index contributed by atoms with van der Waals surface area (Å²) in [5.41, 5.74) is 2.94. The average molecular weight is 467 g/mol. The van der Waals surface area contributed by atoms with Gasteiger partial charge >= 0.3 is 0 Å². The first-order valence-corrected chi connectivity index (χ1v) is 8.98. The van der Waals surface area contributed by atoms with Crippen molar-refractivity contribution in [3.63, 3.8) is 0 Å². The van der Waals surface area contributed by atoms with Gasteiger partial charge in [0.05, 0.1) is 0 Å². The summed E-state index contributed by atoms with van der Waals surface area (Å²) in [5, 5.41) is 3.52. The Morgan fingerprint density at radius 3 is 2.69 bits per heavy atom. The number of rotatable bonds is 4. The normalized spacial score (nSPS) is 16.5. The molecule has 0 amide bonds. The van der Waals surface area contributed by atoms with Crippen molar-refractivity contribution < 1.29 is 0 Å². The zero-order valence-corrected chi connectivity index (χ0v) is 18.5. The maximum atomic E-state index is 4.46. The van der Waals surface area contributed by atoms with E-state index in [2.05, 4.69) is 62.9 Å². The van der Waals surface area contributed by atoms with Crippen LogP contribution in [-0.2, 0) is 13.1 Å². The van der Waals surface area contributed by atoms with Crippen molar-refractivity contribution >= 4 is 29.9 Å². The second-order valence-corrected chi connectivity index (χ2v) is 7.66. The van der Waals surface area contributed by atoms with E-state index >= 15 is 0 Å². The molecule has 0 atom stereocenters. The number of aromatic nitrogens is 2. The summed E-state index contributed by atoms with van der Waals surface area (Å²) >= 11 is 0. The Morgan fingerprint density at radius 1 is 1.31 bits per heavy atom. The number of guanidine groups is 1. The maximum absolute atomic E-state index is 4.46. The second-order valence-electron chi connectivity index (χ2n) is 7.66. The molecule has 142 valence electrons. The molecule has 0 spiro atoms. The SMILES string of the molecule is CN=C(NCc1cccc(Cn2ccnc2C)c1)N1CCC(C)(C)C1.I. The van der Waals surface area contributed by atoms with Crippen LogP contribution >= 0.6 is 24.0 Å². The Morgan fingerprint density at radius 2 is 2.08 bits per heavy atom. The molecule has 1 N–H and O–H groups in total. The zero-order valence-electron chi connectivity index (χ0n) is 16.2. The van der Waals surface area contributed by atoms with E-state index in [9.17, 15) is 0 Å². The molecule has 2 aromatic rings. The van der Waals surface area contributed by atoms with E-state index in [0.29, 0.717) is 5.41 Å². The third-order valence-corrected chi connectivity index (χ3v) is 4.91.